The normalized spacial score (nSPS) is 21.3. The number of hydrogen-bond donors (Lipinski definition) is 2. The Balaban J connectivity index is 3.35. The summed E-state index contributed by atoms with van der Waals surface area (Å²) >= 11 is 0. The predicted octanol–water partition coefficient (Wildman–Crippen LogP) is -0.630. The summed E-state index contributed by atoms with van der Waals surface area (Å²) in [6, 6.07) is 0. The van der Waals surface area contributed by atoms with Crippen molar-refractivity contribution in [3.63, 3.8) is 0 Å². The summed E-state index contributed by atoms with van der Waals surface area (Å²) in [4.78, 5) is 10.3. The molecule has 1 unspecified atom stereocenters. The molecule has 14 heavy (non-hydrogen) atoms. The Hall–Kier alpha value is -1.40. The summed E-state index contributed by atoms with van der Waals surface area (Å²) in [6.07, 6.45) is 0.901. The number of carboxylic acids is 1. The molecule has 0 aromatic rings. The van der Waals surface area contributed by atoms with Crippen LogP contribution in [0.15, 0.2) is 23.3 Å². The van der Waals surface area contributed by atoms with Crippen LogP contribution in [0.25, 0.3) is 0 Å². The molecule has 0 radical (unpaired) electrons. The summed E-state index contributed by atoms with van der Waals surface area (Å²) in [6.45, 7) is 1.56. The average Bonchev–Trinajstić information content (AvgIpc) is 2.07. The van der Waals surface area contributed by atoms with E-state index >= 15 is 0 Å². The molecule has 0 saturated heterocycles. The highest BCUT2D eigenvalue weighted by atomic mass is 32.2. The zero-order chi connectivity index (χ0) is 10.9. The molecule has 0 spiro atoms. The molecule has 6 heteroatoms. The highest BCUT2D eigenvalue weighted by Crippen LogP contribution is 2.15. The molecule has 2 N–H and O–H groups in total. The van der Waals surface area contributed by atoms with E-state index in [1.165, 1.54) is 12.2 Å². The third-order valence-corrected chi connectivity index (χ3v) is 2.48. The summed E-state index contributed by atoms with van der Waals surface area (Å²) < 4.78 is 21.2. The fraction of sp³-hybridized carbons (Fsp3) is 0.250. The molecule has 0 aliphatic heterocycles. The molecule has 1 rings (SSSR count). The van der Waals surface area contributed by atoms with E-state index < -0.39 is 22.4 Å². The van der Waals surface area contributed by atoms with Crippen molar-refractivity contribution in [2.24, 2.45) is 0 Å². The van der Waals surface area contributed by atoms with Crippen LogP contribution in [0.3, 0.4) is 0 Å². The largest absolute Gasteiger partial charge is 0.478 e. The monoisotopic (exact) mass is 216 g/mol. The first-order valence-electron chi connectivity index (χ1n) is 3.71. The molecule has 0 amide bonds. The summed E-state index contributed by atoms with van der Waals surface area (Å²) in [5.74, 6) is -1.33. The maximum atomic E-state index is 10.6. The van der Waals surface area contributed by atoms with Crippen molar-refractivity contribution in [2.45, 2.75) is 13.0 Å². The van der Waals surface area contributed by atoms with Crippen LogP contribution in [0.1, 0.15) is 6.92 Å². The molecular formula is C8H8O5S. The van der Waals surface area contributed by atoms with Crippen molar-refractivity contribution in [3.05, 3.63) is 23.3 Å². The first kappa shape index (κ1) is 10.7. The lowest BCUT2D eigenvalue weighted by Gasteiger charge is -2.14. The van der Waals surface area contributed by atoms with Gasteiger partial charge in [-0.2, -0.15) is 8.42 Å². The quantitative estimate of drug-likeness (QED) is 0.569. The first-order chi connectivity index (χ1) is 6.43. The van der Waals surface area contributed by atoms with E-state index in [1.54, 1.807) is 6.92 Å². The van der Waals surface area contributed by atoms with Crippen LogP contribution in [0.4, 0.5) is 0 Å². The van der Waals surface area contributed by atoms with E-state index in [4.69, 9.17) is 5.11 Å². The van der Waals surface area contributed by atoms with Crippen LogP contribution in [-0.4, -0.2) is 35.6 Å². The minimum Gasteiger partial charge on any atom is -0.478 e. The van der Waals surface area contributed by atoms with E-state index in [1.807, 2.05) is 0 Å². The van der Waals surface area contributed by atoms with E-state index in [0.717, 1.165) is 0 Å². The maximum absolute atomic E-state index is 10.6. The molecule has 0 fully saturated rings. The van der Waals surface area contributed by atoms with Crippen molar-refractivity contribution in [1.29, 1.82) is 0 Å². The van der Waals surface area contributed by atoms with E-state index in [9.17, 15) is 18.3 Å². The molecule has 76 valence electrons. The van der Waals surface area contributed by atoms with Gasteiger partial charge >= 0.3 is 5.97 Å². The van der Waals surface area contributed by atoms with Crippen LogP contribution in [-0.2, 0) is 15.1 Å². The topological polar surface area (TPSA) is 91.7 Å². The van der Waals surface area contributed by atoms with Gasteiger partial charge in [0.05, 0.1) is 5.57 Å². The second-order valence-corrected chi connectivity index (χ2v) is 3.77. The van der Waals surface area contributed by atoms with Gasteiger partial charge in [-0.25, -0.2) is 4.79 Å². The van der Waals surface area contributed by atoms with E-state index in [-0.39, 0.29) is 10.4 Å². The maximum Gasteiger partial charge on any atom is 0.334 e. The molecule has 0 aromatic carbocycles. The summed E-state index contributed by atoms with van der Waals surface area (Å²) in [7, 11) is -2.60. The van der Waals surface area contributed by atoms with E-state index in [2.05, 4.69) is 0 Å². The van der Waals surface area contributed by atoms with Gasteiger partial charge in [0.2, 0.25) is 10.3 Å². The average molecular weight is 216 g/mol. The Morgan fingerprint density at radius 2 is 2.00 bits per heavy atom. The number of aliphatic hydroxyl groups excluding tert-OH is 1. The van der Waals surface area contributed by atoms with Gasteiger partial charge in [-0.3, -0.25) is 0 Å². The number of aliphatic carboxylic acids is 1. The zero-order valence-corrected chi connectivity index (χ0v) is 8.08. The minimum atomic E-state index is -2.60. The Morgan fingerprint density at radius 3 is 2.43 bits per heavy atom. The van der Waals surface area contributed by atoms with Crippen molar-refractivity contribution in [3.8, 4) is 0 Å². The molecule has 1 aliphatic carbocycles. The van der Waals surface area contributed by atoms with Crippen molar-refractivity contribution in [2.75, 3.05) is 0 Å². The zero-order valence-electron chi connectivity index (χ0n) is 7.26. The number of aliphatic hydroxyl groups is 1. The predicted molar refractivity (Wildman–Crippen MR) is 49.4 cm³/mol. The standard InChI is InChI=1S/C8H8O5S/c1-4-2-5(8(10)11)7(9)6(3-4)14(12)13/h2-3,7,9H,1H3,(H,10,11). The Bertz CT molecular complexity index is 458. The number of carboxylic acid groups (broad SMARTS) is 1. The van der Waals surface area contributed by atoms with Crippen LogP contribution in [0.5, 0.6) is 0 Å². The van der Waals surface area contributed by atoms with Gasteiger partial charge in [0.1, 0.15) is 11.0 Å². The van der Waals surface area contributed by atoms with E-state index in [0.29, 0.717) is 5.57 Å². The van der Waals surface area contributed by atoms with Gasteiger partial charge < -0.3 is 10.2 Å². The lowest BCUT2D eigenvalue weighted by atomic mass is 9.97. The molecule has 1 aliphatic rings. The second-order valence-electron chi connectivity index (χ2n) is 2.83. The van der Waals surface area contributed by atoms with Crippen LogP contribution < -0.4 is 0 Å². The molecule has 1 atom stereocenters. The van der Waals surface area contributed by atoms with Crippen molar-refractivity contribution in [1.82, 2.24) is 0 Å². The van der Waals surface area contributed by atoms with Gasteiger partial charge in [-0.15, -0.1) is 0 Å². The van der Waals surface area contributed by atoms with Gasteiger partial charge in [0.15, 0.2) is 0 Å². The number of hydrogen-bond acceptors (Lipinski definition) is 4. The number of rotatable bonds is 1. The van der Waals surface area contributed by atoms with Gasteiger partial charge in [-0.1, -0.05) is 0 Å². The van der Waals surface area contributed by atoms with Crippen LogP contribution >= 0.6 is 0 Å². The third kappa shape index (κ3) is 1.91. The first-order valence-corrected chi connectivity index (χ1v) is 4.78. The smallest absolute Gasteiger partial charge is 0.334 e. The molecule has 0 bridgehead atoms. The fourth-order valence-electron chi connectivity index (χ4n) is 1.14. The SMILES string of the molecule is CC1=CC(=S(=O)=O)C(O)C(C(=O)O)=C1. The molecule has 5 nitrogen and oxygen atoms in total. The Labute approximate surface area is 81.5 Å². The van der Waals surface area contributed by atoms with Crippen molar-refractivity contribution >= 4 is 21.1 Å². The minimum absolute atomic E-state index is 0.317. The van der Waals surface area contributed by atoms with Gasteiger partial charge in [-0.05, 0) is 24.6 Å². The third-order valence-electron chi connectivity index (χ3n) is 1.76. The second kappa shape index (κ2) is 3.77. The lowest BCUT2D eigenvalue weighted by Crippen LogP contribution is -2.29. The summed E-state index contributed by atoms with van der Waals surface area (Å²) in [5, 5.41) is 18.0. The molecule has 0 saturated carbocycles. The highest BCUT2D eigenvalue weighted by molar-refractivity contribution is 7.73. The number of carbonyl (C=O) groups is 1. The number of allylic oxidation sites excluding steroid dienone is 2. The van der Waals surface area contributed by atoms with Gasteiger partial charge in [0.25, 0.3) is 0 Å². The fourth-order valence-corrected chi connectivity index (χ4v) is 1.73. The van der Waals surface area contributed by atoms with Crippen LogP contribution in [0.2, 0.25) is 0 Å². The van der Waals surface area contributed by atoms with Crippen molar-refractivity contribution < 1.29 is 23.4 Å². The molecule has 0 heterocycles. The molecular weight excluding hydrogens is 208 g/mol. The summed E-state index contributed by atoms with van der Waals surface area (Å²) in [5.41, 5.74) is 0.149. The lowest BCUT2D eigenvalue weighted by molar-refractivity contribution is -0.133. The Morgan fingerprint density at radius 1 is 1.43 bits per heavy atom. The van der Waals surface area contributed by atoms with Gasteiger partial charge in [0, 0.05) is 0 Å². The molecule has 0 aromatic heterocycles. The highest BCUT2D eigenvalue weighted by Gasteiger charge is 2.26. The van der Waals surface area contributed by atoms with Crippen LogP contribution in [0, 0.1) is 0 Å². The Kier molecular flexibility index (Phi) is 2.87.